The fraction of sp³-hybridized carbons (Fsp3) is 0.889. The standard InChI is InChI=1S/C9H15NO/c1-7-5-10-6-9(7)4-2-3-8(9)11/h7,10H,2-6H2,1H3. The summed E-state index contributed by atoms with van der Waals surface area (Å²) in [6.07, 6.45) is 3.07. The lowest BCUT2D eigenvalue weighted by Crippen LogP contribution is -2.32. The average Bonchev–Trinajstić information content (AvgIpc) is 2.48. The van der Waals surface area contributed by atoms with Gasteiger partial charge in [0, 0.05) is 18.4 Å². The molecule has 1 saturated heterocycles. The number of Topliss-reactive ketones (excluding diaryl/α,β-unsaturated/α-hetero) is 1. The third-order valence-corrected chi connectivity index (χ3v) is 3.42. The number of ketones is 1. The lowest BCUT2D eigenvalue weighted by molar-refractivity contribution is -0.126. The lowest BCUT2D eigenvalue weighted by Gasteiger charge is -2.24. The van der Waals surface area contributed by atoms with Gasteiger partial charge in [-0.1, -0.05) is 6.92 Å². The number of rotatable bonds is 0. The molecule has 2 aliphatic rings. The van der Waals surface area contributed by atoms with Gasteiger partial charge in [0.05, 0.1) is 0 Å². The second kappa shape index (κ2) is 2.31. The summed E-state index contributed by atoms with van der Waals surface area (Å²) in [6, 6.07) is 0. The molecule has 0 aromatic carbocycles. The second-order valence-electron chi connectivity index (χ2n) is 3.96. The third-order valence-electron chi connectivity index (χ3n) is 3.42. The fourth-order valence-electron chi connectivity index (χ4n) is 2.54. The summed E-state index contributed by atoms with van der Waals surface area (Å²) in [5, 5.41) is 3.31. The van der Waals surface area contributed by atoms with Crippen molar-refractivity contribution in [1.29, 1.82) is 0 Å². The highest BCUT2D eigenvalue weighted by Gasteiger charge is 2.48. The Morgan fingerprint density at radius 1 is 1.64 bits per heavy atom. The van der Waals surface area contributed by atoms with Crippen LogP contribution in [0, 0.1) is 11.3 Å². The van der Waals surface area contributed by atoms with Gasteiger partial charge >= 0.3 is 0 Å². The Bertz CT molecular complexity index is 186. The van der Waals surface area contributed by atoms with Crippen molar-refractivity contribution in [2.45, 2.75) is 26.2 Å². The second-order valence-corrected chi connectivity index (χ2v) is 3.96. The Morgan fingerprint density at radius 2 is 2.45 bits per heavy atom. The summed E-state index contributed by atoms with van der Waals surface area (Å²) in [5.41, 5.74) is 0.0556. The Hall–Kier alpha value is -0.370. The van der Waals surface area contributed by atoms with Gasteiger partial charge in [0.25, 0.3) is 0 Å². The van der Waals surface area contributed by atoms with E-state index in [2.05, 4.69) is 12.2 Å². The van der Waals surface area contributed by atoms with E-state index in [1.807, 2.05) is 0 Å². The van der Waals surface area contributed by atoms with Crippen molar-refractivity contribution in [3.05, 3.63) is 0 Å². The molecule has 0 radical (unpaired) electrons. The smallest absolute Gasteiger partial charge is 0.140 e. The fourth-order valence-corrected chi connectivity index (χ4v) is 2.54. The van der Waals surface area contributed by atoms with Crippen molar-refractivity contribution in [2.24, 2.45) is 11.3 Å². The zero-order chi connectivity index (χ0) is 7.90. The summed E-state index contributed by atoms with van der Waals surface area (Å²) in [7, 11) is 0. The molecule has 2 nitrogen and oxygen atoms in total. The molecule has 0 bridgehead atoms. The maximum atomic E-state index is 11.6. The molecule has 0 amide bonds. The van der Waals surface area contributed by atoms with Crippen molar-refractivity contribution in [2.75, 3.05) is 13.1 Å². The first-order valence-corrected chi connectivity index (χ1v) is 4.50. The first-order chi connectivity index (χ1) is 5.26. The number of carbonyl (C=O) groups excluding carboxylic acids is 1. The number of nitrogens with one attached hydrogen (secondary N) is 1. The molecule has 1 aliphatic carbocycles. The van der Waals surface area contributed by atoms with Crippen molar-refractivity contribution in [3.8, 4) is 0 Å². The molecule has 1 saturated carbocycles. The van der Waals surface area contributed by atoms with E-state index in [9.17, 15) is 4.79 Å². The highest BCUT2D eigenvalue weighted by molar-refractivity contribution is 5.87. The molecule has 1 N–H and O–H groups in total. The van der Waals surface area contributed by atoms with Gasteiger partial charge in [0.15, 0.2) is 0 Å². The molecule has 0 aromatic heterocycles. The van der Waals surface area contributed by atoms with Gasteiger partial charge in [0.2, 0.25) is 0 Å². The Kier molecular flexibility index (Phi) is 1.53. The molecule has 2 fully saturated rings. The Labute approximate surface area is 67.4 Å². The zero-order valence-electron chi connectivity index (χ0n) is 7.02. The van der Waals surface area contributed by atoms with E-state index in [0.29, 0.717) is 11.7 Å². The molecule has 2 atom stereocenters. The Morgan fingerprint density at radius 3 is 2.91 bits per heavy atom. The van der Waals surface area contributed by atoms with Crippen LogP contribution in [0.3, 0.4) is 0 Å². The topological polar surface area (TPSA) is 29.1 Å². The predicted octanol–water partition coefficient (Wildman–Crippen LogP) is 0.965. The van der Waals surface area contributed by atoms with Gasteiger partial charge in [-0.3, -0.25) is 4.79 Å². The largest absolute Gasteiger partial charge is 0.315 e. The number of hydrogen-bond donors (Lipinski definition) is 1. The van der Waals surface area contributed by atoms with Crippen LogP contribution < -0.4 is 5.32 Å². The van der Waals surface area contributed by atoms with Crippen LogP contribution in [-0.4, -0.2) is 18.9 Å². The molecular weight excluding hydrogens is 138 g/mol. The van der Waals surface area contributed by atoms with Gasteiger partial charge < -0.3 is 5.32 Å². The molecule has 1 spiro atoms. The predicted molar refractivity (Wildman–Crippen MR) is 43.3 cm³/mol. The highest BCUT2D eigenvalue weighted by atomic mass is 16.1. The van der Waals surface area contributed by atoms with E-state index in [1.165, 1.54) is 0 Å². The molecule has 2 unspecified atom stereocenters. The summed E-state index contributed by atoms with van der Waals surface area (Å²) in [6.45, 7) is 4.17. The molecule has 62 valence electrons. The maximum Gasteiger partial charge on any atom is 0.140 e. The van der Waals surface area contributed by atoms with Gasteiger partial charge in [-0.25, -0.2) is 0 Å². The van der Waals surface area contributed by atoms with Crippen LogP contribution in [0.15, 0.2) is 0 Å². The van der Waals surface area contributed by atoms with Gasteiger partial charge in [-0.15, -0.1) is 0 Å². The number of hydrogen-bond acceptors (Lipinski definition) is 2. The van der Waals surface area contributed by atoms with E-state index < -0.39 is 0 Å². The van der Waals surface area contributed by atoms with Crippen molar-refractivity contribution in [3.63, 3.8) is 0 Å². The van der Waals surface area contributed by atoms with Gasteiger partial charge in [-0.2, -0.15) is 0 Å². The van der Waals surface area contributed by atoms with Crippen LogP contribution in [0.1, 0.15) is 26.2 Å². The zero-order valence-corrected chi connectivity index (χ0v) is 7.02. The summed E-state index contributed by atoms with van der Waals surface area (Å²) < 4.78 is 0. The maximum absolute atomic E-state index is 11.6. The van der Waals surface area contributed by atoms with E-state index in [0.717, 1.165) is 32.4 Å². The van der Waals surface area contributed by atoms with Crippen molar-refractivity contribution < 1.29 is 4.79 Å². The van der Waals surface area contributed by atoms with Crippen molar-refractivity contribution >= 4 is 5.78 Å². The van der Waals surface area contributed by atoms with Crippen LogP contribution in [0.5, 0.6) is 0 Å². The lowest BCUT2D eigenvalue weighted by atomic mass is 9.77. The molecule has 1 aliphatic heterocycles. The molecule has 2 rings (SSSR count). The first kappa shape index (κ1) is 7.29. The summed E-state index contributed by atoms with van der Waals surface area (Å²) >= 11 is 0. The Balaban J connectivity index is 2.25. The van der Waals surface area contributed by atoms with Crippen LogP contribution in [0.2, 0.25) is 0 Å². The molecule has 11 heavy (non-hydrogen) atoms. The summed E-state index contributed by atoms with van der Waals surface area (Å²) in [4.78, 5) is 11.6. The van der Waals surface area contributed by atoms with Crippen LogP contribution in [0.25, 0.3) is 0 Å². The van der Waals surface area contributed by atoms with Crippen LogP contribution in [0.4, 0.5) is 0 Å². The quantitative estimate of drug-likeness (QED) is 0.561. The summed E-state index contributed by atoms with van der Waals surface area (Å²) in [5.74, 6) is 1.08. The minimum absolute atomic E-state index is 0.0556. The van der Waals surface area contributed by atoms with Crippen molar-refractivity contribution in [1.82, 2.24) is 5.32 Å². The molecule has 0 aromatic rings. The minimum Gasteiger partial charge on any atom is -0.315 e. The SMILES string of the molecule is CC1CNCC12CCCC2=O. The van der Waals surface area contributed by atoms with E-state index >= 15 is 0 Å². The molecular formula is C9H15NO. The average molecular weight is 153 g/mol. The van der Waals surface area contributed by atoms with E-state index in [1.54, 1.807) is 0 Å². The molecule has 2 heteroatoms. The normalized spacial score (nSPS) is 44.1. The monoisotopic (exact) mass is 153 g/mol. The van der Waals surface area contributed by atoms with Gasteiger partial charge in [0.1, 0.15) is 5.78 Å². The van der Waals surface area contributed by atoms with Gasteiger partial charge in [-0.05, 0) is 25.3 Å². The van der Waals surface area contributed by atoms with Crippen LogP contribution >= 0.6 is 0 Å². The number of carbonyl (C=O) groups is 1. The highest BCUT2D eigenvalue weighted by Crippen LogP contribution is 2.43. The van der Waals surface area contributed by atoms with E-state index in [-0.39, 0.29) is 5.41 Å². The molecule has 1 heterocycles. The third kappa shape index (κ3) is 0.853. The minimum atomic E-state index is 0.0556. The van der Waals surface area contributed by atoms with Crippen LogP contribution in [-0.2, 0) is 4.79 Å². The first-order valence-electron chi connectivity index (χ1n) is 4.50. The van der Waals surface area contributed by atoms with E-state index in [4.69, 9.17) is 0 Å².